The highest BCUT2D eigenvalue weighted by molar-refractivity contribution is 6.31. The van der Waals surface area contributed by atoms with Crippen molar-refractivity contribution in [3.05, 3.63) is 63.6 Å². The molecule has 2 rings (SSSR count). The fourth-order valence-corrected chi connectivity index (χ4v) is 2.79. The summed E-state index contributed by atoms with van der Waals surface area (Å²) in [5.74, 6) is 0.203. The van der Waals surface area contributed by atoms with Gasteiger partial charge in [-0.15, -0.1) is 0 Å². The van der Waals surface area contributed by atoms with Crippen LogP contribution in [0.5, 0.6) is 5.75 Å². The molecule has 2 atom stereocenters. The van der Waals surface area contributed by atoms with Gasteiger partial charge in [-0.2, -0.15) is 0 Å². The molecular weight excluding hydrogens is 309 g/mol. The molecule has 2 aromatic carbocycles. The molecule has 5 heteroatoms. The molecule has 0 aliphatic carbocycles. The van der Waals surface area contributed by atoms with Crippen molar-refractivity contribution in [1.29, 1.82) is 0 Å². The van der Waals surface area contributed by atoms with Gasteiger partial charge in [0.2, 0.25) is 0 Å². The van der Waals surface area contributed by atoms with Crippen molar-refractivity contribution in [3.8, 4) is 5.75 Å². The summed E-state index contributed by atoms with van der Waals surface area (Å²) in [4.78, 5) is 0. The fraction of sp³-hybridized carbons (Fsp3) is 0.250. The lowest BCUT2D eigenvalue weighted by Gasteiger charge is -2.24. The molecule has 0 saturated heterocycles. The van der Waals surface area contributed by atoms with Gasteiger partial charge in [-0.1, -0.05) is 47.5 Å². The predicted molar refractivity (Wildman–Crippen MR) is 86.2 cm³/mol. The first-order valence-electron chi connectivity index (χ1n) is 6.54. The summed E-state index contributed by atoms with van der Waals surface area (Å²) in [5.41, 5.74) is 7.30. The van der Waals surface area contributed by atoms with Crippen molar-refractivity contribution in [2.75, 3.05) is 13.7 Å². The van der Waals surface area contributed by atoms with Crippen molar-refractivity contribution in [3.63, 3.8) is 0 Å². The molecule has 0 saturated carbocycles. The number of nitrogens with two attached hydrogens (primary N) is 1. The molecule has 0 aromatic heterocycles. The fourth-order valence-electron chi connectivity index (χ4n) is 2.35. The van der Waals surface area contributed by atoms with Crippen LogP contribution in [0.3, 0.4) is 0 Å². The summed E-state index contributed by atoms with van der Waals surface area (Å²) >= 11 is 12.2. The lowest BCUT2D eigenvalue weighted by atomic mass is 9.88. The quantitative estimate of drug-likeness (QED) is 0.879. The predicted octanol–water partition coefficient (Wildman–Crippen LogP) is 3.78. The third-order valence-corrected chi connectivity index (χ3v) is 4.03. The average molecular weight is 326 g/mol. The minimum absolute atomic E-state index is 0.261. The summed E-state index contributed by atoms with van der Waals surface area (Å²) in [7, 11) is 1.54. The van der Waals surface area contributed by atoms with Gasteiger partial charge >= 0.3 is 0 Å². The van der Waals surface area contributed by atoms with E-state index >= 15 is 0 Å². The number of benzene rings is 2. The van der Waals surface area contributed by atoms with Gasteiger partial charge in [0.05, 0.1) is 13.2 Å². The zero-order chi connectivity index (χ0) is 15.4. The Hall–Kier alpha value is -1.26. The van der Waals surface area contributed by atoms with E-state index in [9.17, 15) is 5.11 Å². The van der Waals surface area contributed by atoms with E-state index in [1.54, 1.807) is 24.3 Å². The van der Waals surface area contributed by atoms with E-state index in [-0.39, 0.29) is 12.5 Å². The van der Waals surface area contributed by atoms with Gasteiger partial charge in [0.15, 0.2) is 0 Å². The number of hydrogen-bond acceptors (Lipinski definition) is 3. The van der Waals surface area contributed by atoms with Gasteiger partial charge in [-0.05, 0) is 23.8 Å². The Morgan fingerprint density at radius 1 is 1.14 bits per heavy atom. The third kappa shape index (κ3) is 3.50. The molecule has 2 aromatic rings. The van der Waals surface area contributed by atoms with Gasteiger partial charge < -0.3 is 15.6 Å². The number of hydrogen-bond donors (Lipinski definition) is 2. The molecule has 0 amide bonds. The normalized spacial score (nSPS) is 13.8. The van der Waals surface area contributed by atoms with Crippen LogP contribution in [0.25, 0.3) is 0 Å². The summed E-state index contributed by atoms with van der Waals surface area (Å²) in [6.45, 7) is 0.261. The third-order valence-electron chi connectivity index (χ3n) is 3.45. The molecule has 3 nitrogen and oxygen atoms in total. The van der Waals surface area contributed by atoms with Crippen molar-refractivity contribution in [2.45, 2.75) is 12.0 Å². The minimum Gasteiger partial charge on any atom is -0.496 e. The number of rotatable bonds is 5. The number of aliphatic hydroxyl groups excluding tert-OH is 1. The van der Waals surface area contributed by atoms with Crippen LogP contribution in [-0.4, -0.2) is 18.8 Å². The van der Waals surface area contributed by atoms with Crippen molar-refractivity contribution < 1.29 is 9.84 Å². The molecule has 0 heterocycles. The summed E-state index contributed by atoms with van der Waals surface area (Å²) in [5, 5.41) is 11.8. The van der Waals surface area contributed by atoms with E-state index in [1.807, 2.05) is 18.2 Å². The van der Waals surface area contributed by atoms with Crippen LogP contribution in [0, 0.1) is 0 Å². The van der Waals surface area contributed by atoms with E-state index in [2.05, 4.69) is 0 Å². The molecule has 0 aliphatic rings. The Balaban J connectivity index is 2.41. The second-order valence-corrected chi connectivity index (χ2v) is 5.54. The van der Waals surface area contributed by atoms with E-state index in [0.29, 0.717) is 21.4 Å². The number of halogens is 2. The van der Waals surface area contributed by atoms with Crippen molar-refractivity contribution in [1.82, 2.24) is 0 Å². The Morgan fingerprint density at radius 3 is 2.48 bits per heavy atom. The molecular formula is C16H17Cl2NO2. The Morgan fingerprint density at radius 2 is 1.86 bits per heavy atom. The molecule has 0 bridgehead atoms. The summed E-state index contributed by atoms with van der Waals surface area (Å²) < 4.78 is 5.29. The minimum atomic E-state index is -0.831. The standard InChI is InChI=1S/C16H17Cl2NO2/c1-21-15-8-10(17)6-7-12(15)16(20)13(9-19)11-4-2-3-5-14(11)18/h2-8,13,16,20H,9,19H2,1H3. The molecule has 0 spiro atoms. The van der Waals surface area contributed by atoms with Gasteiger partial charge in [0.25, 0.3) is 0 Å². The largest absolute Gasteiger partial charge is 0.496 e. The lowest BCUT2D eigenvalue weighted by Crippen LogP contribution is -2.21. The van der Waals surface area contributed by atoms with Crippen LogP contribution in [0.4, 0.5) is 0 Å². The molecule has 3 N–H and O–H groups in total. The van der Waals surface area contributed by atoms with Crippen LogP contribution in [0.15, 0.2) is 42.5 Å². The van der Waals surface area contributed by atoms with Gasteiger partial charge in [-0.25, -0.2) is 0 Å². The summed E-state index contributed by atoms with van der Waals surface area (Å²) in [6, 6.07) is 12.5. The molecule has 112 valence electrons. The first-order valence-corrected chi connectivity index (χ1v) is 7.30. The monoisotopic (exact) mass is 325 g/mol. The number of ether oxygens (including phenoxy) is 1. The maximum absolute atomic E-state index is 10.7. The second-order valence-electron chi connectivity index (χ2n) is 4.69. The second kappa shape index (κ2) is 7.14. The zero-order valence-electron chi connectivity index (χ0n) is 11.6. The van der Waals surface area contributed by atoms with E-state index in [0.717, 1.165) is 5.56 Å². The van der Waals surface area contributed by atoms with Crippen molar-refractivity contribution >= 4 is 23.2 Å². The maximum Gasteiger partial charge on any atom is 0.126 e. The molecule has 21 heavy (non-hydrogen) atoms. The van der Waals surface area contributed by atoms with Gasteiger partial charge in [0, 0.05) is 28.1 Å². The topological polar surface area (TPSA) is 55.5 Å². The van der Waals surface area contributed by atoms with E-state index < -0.39 is 6.10 Å². The van der Waals surface area contributed by atoms with Crippen LogP contribution in [0.2, 0.25) is 10.0 Å². The van der Waals surface area contributed by atoms with Crippen LogP contribution in [0.1, 0.15) is 23.1 Å². The Bertz CT molecular complexity index is 619. The molecule has 0 radical (unpaired) electrons. The van der Waals surface area contributed by atoms with Crippen LogP contribution >= 0.6 is 23.2 Å². The molecule has 0 aliphatic heterocycles. The molecule has 0 fully saturated rings. The van der Waals surface area contributed by atoms with Crippen molar-refractivity contribution in [2.24, 2.45) is 5.73 Å². The van der Waals surface area contributed by atoms with Crippen LogP contribution < -0.4 is 10.5 Å². The Kier molecular flexibility index (Phi) is 5.48. The zero-order valence-corrected chi connectivity index (χ0v) is 13.1. The van der Waals surface area contributed by atoms with E-state index in [4.69, 9.17) is 33.7 Å². The van der Waals surface area contributed by atoms with E-state index in [1.165, 1.54) is 7.11 Å². The first kappa shape index (κ1) is 16.1. The Labute approximate surface area is 134 Å². The first-order chi connectivity index (χ1) is 10.1. The maximum atomic E-state index is 10.7. The highest BCUT2D eigenvalue weighted by Crippen LogP contribution is 2.38. The summed E-state index contributed by atoms with van der Waals surface area (Å²) in [6.07, 6.45) is -0.831. The smallest absolute Gasteiger partial charge is 0.126 e. The number of aliphatic hydroxyl groups is 1. The van der Waals surface area contributed by atoms with Gasteiger partial charge in [0.1, 0.15) is 5.75 Å². The highest BCUT2D eigenvalue weighted by atomic mass is 35.5. The van der Waals surface area contributed by atoms with Gasteiger partial charge in [-0.3, -0.25) is 0 Å². The molecule has 2 unspecified atom stereocenters. The SMILES string of the molecule is COc1cc(Cl)ccc1C(O)C(CN)c1ccccc1Cl. The van der Waals surface area contributed by atoms with Crippen LogP contribution in [-0.2, 0) is 0 Å². The number of methoxy groups -OCH3 is 1. The highest BCUT2D eigenvalue weighted by Gasteiger charge is 2.25. The lowest BCUT2D eigenvalue weighted by molar-refractivity contribution is 0.144. The average Bonchev–Trinajstić information content (AvgIpc) is 2.49.